The van der Waals surface area contributed by atoms with Gasteiger partial charge >= 0.3 is 6.18 Å². The molecule has 0 aliphatic carbocycles. The molecule has 194 valence electrons. The zero-order valence-electron chi connectivity index (χ0n) is 20.6. The highest BCUT2D eigenvalue weighted by Crippen LogP contribution is 2.29. The lowest BCUT2D eigenvalue weighted by atomic mass is 10.1. The summed E-state index contributed by atoms with van der Waals surface area (Å²) < 4.78 is 41.3. The van der Waals surface area contributed by atoms with Crippen LogP contribution in [0, 0.1) is 0 Å². The maximum Gasteiger partial charge on any atom is 0.416 e. The molecule has 0 fully saturated rings. The maximum absolute atomic E-state index is 13.3. The van der Waals surface area contributed by atoms with Gasteiger partial charge < -0.3 is 14.4 Å². The number of carbonyl (C=O) groups excluding carboxylic acids is 2. The summed E-state index contributed by atoms with van der Waals surface area (Å²) >= 11 is 1.35. The third-order valence-corrected chi connectivity index (χ3v) is 6.85. The van der Waals surface area contributed by atoms with Gasteiger partial charge in [-0.05, 0) is 54.6 Å². The van der Waals surface area contributed by atoms with Gasteiger partial charge in [-0.3, -0.25) is 9.59 Å². The molecular weight excluding hydrogens is 487 g/mol. The van der Waals surface area contributed by atoms with Gasteiger partial charge in [-0.15, -0.1) is 11.3 Å². The smallest absolute Gasteiger partial charge is 0.345 e. The second-order valence-electron chi connectivity index (χ2n) is 8.64. The van der Waals surface area contributed by atoms with E-state index in [0.717, 1.165) is 37.1 Å². The quantitative estimate of drug-likeness (QED) is 0.264. The highest BCUT2D eigenvalue weighted by atomic mass is 32.1. The van der Waals surface area contributed by atoms with Crippen LogP contribution >= 0.6 is 11.3 Å². The van der Waals surface area contributed by atoms with Crippen LogP contribution in [0.1, 0.15) is 59.6 Å². The number of benzene rings is 1. The van der Waals surface area contributed by atoms with Crippen LogP contribution in [0.5, 0.6) is 0 Å². The van der Waals surface area contributed by atoms with E-state index in [9.17, 15) is 22.8 Å². The summed E-state index contributed by atoms with van der Waals surface area (Å²) in [6.07, 6.45) is 0.223. The first-order valence-electron chi connectivity index (χ1n) is 12.1. The van der Waals surface area contributed by atoms with Gasteiger partial charge in [0.15, 0.2) is 0 Å². The molecule has 2 aromatic heterocycles. The molecular formula is C27H32F3N3O2S. The van der Waals surface area contributed by atoms with Crippen LogP contribution in [0.3, 0.4) is 0 Å². The lowest BCUT2D eigenvalue weighted by molar-refractivity contribution is -0.137. The van der Waals surface area contributed by atoms with Gasteiger partial charge in [0.25, 0.3) is 5.91 Å². The standard InChI is InChI=1S/C27H32F3N3O2S/c1-3-5-6-14-33(25(34)20-31(4-2)26(35)24-13-9-16-36-24)19-23-12-8-15-32(23)18-21-10-7-11-22(17-21)27(28,29)30/h7-13,15-17H,3-6,14,18-20H2,1-2H3. The fourth-order valence-corrected chi connectivity index (χ4v) is 4.67. The summed E-state index contributed by atoms with van der Waals surface area (Å²) in [5.74, 6) is -0.313. The minimum absolute atomic E-state index is 0.0201. The fraction of sp³-hybridized carbons (Fsp3) is 0.407. The third kappa shape index (κ3) is 7.46. The summed E-state index contributed by atoms with van der Waals surface area (Å²) in [6, 6.07) is 12.6. The van der Waals surface area contributed by atoms with Gasteiger partial charge in [0.1, 0.15) is 6.54 Å². The van der Waals surface area contributed by atoms with Crippen LogP contribution in [-0.2, 0) is 24.1 Å². The number of aromatic nitrogens is 1. The molecule has 36 heavy (non-hydrogen) atoms. The normalized spacial score (nSPS) is 11.5. The van der Waals surface area contributed by atoms with E-state index in [4.69, 9.17) is 0 Å². The van der Waals surface area contributed by atoms with Gasteiger partial charge in [0.05, 0.1) is 17.0 Å². The first kappa shape index (κ1) is 27.5. The van der Waals surface area contributed by atoms with Crippen molar-refractivity contribution in [2.24, 2.45) is 0 Å². The van der Waals surface area contributed by atoms with E-state index in [2.05, 4.69) is 6.92 Å². The molecule has 2 amide bonds. The largest absolute Gasteiger partial charge is 0.416 e. The van der Waals surface area contributed by atoms with Crippen molar-refractivity contribution in [3.63, 3.8) is 0 Å². The van der Waals surface area contributed by atoms with Crippen LogP contribution in [0.4, 0.5) is 13.2 Å². The van der Waals surface area contributed by atoms with Gasteiger partial charge in [0, 0.05) is 31.5 Å². The first-order valence-corrected chi connectivity index (χ1v) is 13.0. The van der Waals surface area contributed by atoms with Gasteiger partial charge in [-0.2, -0.15) is 13.2 Å². The van der Waals surface area contributed by atoms with E-state index in [1.165, 1.54) is 17.4 Å². The number of amides is 2. The van der Waals surface area contributed by atoms with Crippen LogP contribution in [0.15, 0.2) is 60.1 Å². The topological polar surface area (TPSA) is 45.6 Å². The van der Waals surface area contributed by atoms with Crippen LogP contribution in [0.25, 0.3) is 0 Å². The molecule has 0 saturated heterocycles. The number of carbonyl (C=O) groups is 2. The van der Waals surface area contributed by atoms with Crippen molar-refractivity contribution in [3.05, 3.63) is 81.8 Å². The average Bonchev–Trinajstić information content (AvgIpc) is 3.54. The molecule has 0 atom stereocenters. The monoisotopic (exact) mass is 519 g/mol. The van der Waals surface area contributed by atoms with Crippen LogP contribution in [0.2, 0.25) is 0 Å². The molecule has 0 saturated carbocycles. The predicted octanol–water partition coefficient (Wildman–Crippen LogP) is 6.30. The molecule has 0 spiro atoms. The van der Waals surface area contributed by atoms with Crippen molar-refractivity contribution in [1.29, 1.82) is 0 Å². The zero-order chi connectivity index (χ0) is 26.1. The molecule has 1 aromatic carbocycles. The molecule has 3 rings (SSSR count). The van der Waals surface area contributed by atoms with Crippen molar-refractivity contribution < 1.29 is 22.8 Å². The number of alkyl halides is 3. The van der Waals surface area contributed by atoms with Crippen LogP contribution in [-0.4, -0.2) is 45.8 Å². The summed E-state index contributed by atoms with van der Waals surface area (Å²) in [6.45, 7) is 5.46. The molecule has 9 heteroatoms. The van der Waals surface area contributed by atoms with E-state index >= 15 is 0 Å². The van der Waals surface area contributed by atoms with Crippen molar-refractivity contribution in [2.75, 3.05) is 19.6 Å². The second kappa shape index (κ2) is 12.8. The number of thiophene rings is 1. The summed E-state index contributed by atoms with van der Waals surface area (Å²) in [5, 5.41) is 1.83. The van der Waals surface area contributed by atoms with Crippen molar-refractivity contribution in [3.8, 4) is 0 Å². The number of hydrogen-bond acceptors (Lipinski definition) is 3. The molecule has 0 aliphatic heterocycles. The second-order valence-corrected chi connectivity index (χ2v) is 9.59. The van der Waals surface area contributed by atoms with E-state index < -0.39 is 11.7 Å². The molecule has 5 nitrogen and oxygen atoms in total. The van der Waals surface area contributed by atoms with Crippen molar-refractivity contribution >= 4 is 23.2 Å². The maximum atomic E-state index is 13.3. The number of unbranched alkanes of at least 4 members (excludes halogenated alkanes) is 2. The van der Waals surface area contributed by atoms with E-state index in [1.807, 2.05) is 41.3 Å². The average molecular weight is 520 g/mol. The molecule has 0 bridgehead atoms. The Hall–Kier alpha value is -3.07. The lowest BCUT2D eigenvalue weighted by Gasteiger charge is -2.27. The minimum atomic E-state index is -4.40. The van der Waals surface area contributed by atoms with Crippen LogP contribution < -0.4 is 0 Å². The van der Waals surface area contributed by atoms with Crippen molar-refractivity contribution in [1.82, 2.24) is 14.4 Å². The molecule has 0 aliphatic rings. The number of likely N-dealkylation sites (N-methyl/N-ethyl adjacent to an activating group) is 1. The Balaban J connectivity index is 1.75. The van der Waals surface area contributed by atoms with E-state index in [1.54, 1.807) is 21.9 Å². The Labute approximate surface area is 214 Å². The molecule has 2 heterocycles. The number of rotatable bonds is 12. The highest BCUT2D eigenvalue weighted by molar-refractivity contribution is 7.12. The Morgan fingerprint density at radius 2 is 1.81 bits per heavy atom. The Bertz CT molecular complexity index is 1130. The summed E-state index contributed by atoms with van der Waals surface area (Å²) in [4.78, 5) is 30.0. The highest BCUT2D eigenvalue weighted by Gasteiger charge is 2.30. The third-order valence-electron chi connectivity index (χ3n) is 5.99. The Morgan fingerprint density at radius 3 is 2.47 bits per heavy atom. The minimum Gasteiger partial charge on any atom is -0.345 e. The Morgan fingerprint density at radius 1 is 1.00 bits per heavy atom. The molecule has 0 radical (unpaired) electrons. The number of nitrogens with zero attached hydrogens (tertiary/aromatic N) is 3. The molecule has 0 unspecified atom stereocenters. The van der Waals surface area contributed by atoms with Gasteiger partial charge in [-0.1, -0.05) is 38.0 Å². The zero-order valence-corrected chi connectivity index (χ0v) is 21.4. The van der Waals surface area contributed by atoms with E-state index in [-0.39, 0.29) is 24.9 Å². The Kier molecular flexibility index (Phi) is 9.75. The fourth-order valence-electron chi connectivity index (χ4n) is 3.98. The molecule has 3 aromatic rings. The summed E-state index contributed by atoms with van der Waals surface area (Å²) in [5.41, 5.74) is 0.676. The molecule has 0 N–H and O–H groups in total. The number of halogens is 3. The van der Waals surface area contributed by atoms with Gasteiger partial charge in [-0.25, -0.2) is 0 Å². The SMILES string of the molecule is CCCCCN(Cc1cccn1Cc1cccc(C(F)(F)F)c1)C(=O)CN(CC)C(=O)c1cccs1. The number of hydrogen-bond donors (Lipinski definition) is 0. The predicted molar refractivity (Wildman–Crippen MR) is 136 cm³/mol. The van der Waals surface area contributed by atoms with Crippen molar-refractivity contribution in [2.45, 2.75) is 52.4 Å². The summed E-state index contributed by atoms with van der Waals surface area (Å²) in [7, 11) is 0. The lowest BCUT2D eigenvalue weighted by Crippen LogP contribution is -2.43. The van der Waals surface area contributed by atoms with Gasteiger partial charge in [0.2, 0.25) is 5.91 Å². The van der Waals surface area contributed by atoms with E-state index in [0.29, 0.717) is 30.1 Å². The first-order chi connectivity index (χ1) is 17.2.